The summed E-state index contributed by atoms with van der Waals surface area (Å²) in [7, 11) is 1.72. The molecule has 2 N–H and O–H groups in total. The molecule has 1 aromatic carbocycles. The molecule has 0 atom stereocenters. The van der Waals surface area contributed by atoms with Gasteiger partial charge in [-0.25, -0.2) is 9.50 Å². The van der Waals surface area contributed by atoms with Gasteiger partial charge in [-0.05, 0) is 23.8 Å². The highest BCUT2D eigenvalue weighted by molar-refractivity contribution is 6.34. The minimum absolute atomic E-state index is 0.590. The Morgan fingerprint density at radius 1 is 1.09 bits per heavy atom. The van der Waals surface area contributed by atoms with E-state index in [9.17, 15) is 0 Å². The number of fused-ring (bicyclic) bond motifs is 1. The number of nitrogens with zero attached hydrogens (tertiary/aromatic N) is 6. The molecule has 0 amide bonds. The molecule has 1 saturated heterocycles. The molecule has 35 heavy (non-hydrogen) atoms. The van der Waals surface area contributed by atoms with Gasteiger partial charge in [0.1, 0.15) is 5.82 Å². The molecule has 0 aliphatic carbocycles. The quantitative estimate of drug-likeness (QED) is 0.410. The van der Waals surface area contributed by atoms with Crippen molar-refractivity contribution in [3.8, 4) is 11.1 Å². The zero-order chi connectivity index (χ0) is 24.2. The Labute approximate surface area is 210 Å². The van der Waals surface area contributed by atoms with Crippen molar-refractivity contribution in [2.75, 3.05) is 38.1 Å². The first kappa shape index (κ1) is 23.1. The molecule has 8 heteroatoms. The van der Waals surface area contributed by atoms with Gasteiger partial charge in [-0.3, -0.25) is 9.89 Å². The Morgan fingerprint density at radius 3 is 2.57 bits per heavy atom. The van der Waals surface area contributed by atoms with Crippen LogP contribution < -0.4 is 10.6 Å². The highest BCUT2D eigenvalue weighted by Gasteiger charge is 2.19. The maximum atomic E-state index is 6.50. The summed E-state index contributed by atoms with van der Waals surface area (Å²) in [6.45, 7) is 4.92. The number of hydrogen-bond donors (Lipinski definition) is 1. The summed E-state index contributed by atoms with van der Waals surface area (Å²) in [5.74, 6) is 0.987. The summed E-state index contributed by atoms with van der Waals surface area (Å²) in [6, 6.07) is 16.9. The number of benzene rings is 1. The van der Waals surface area contributed by atoms with Crippen LogP contribution in [0.15, 0.2) is 78.3 Å². The maximum absolute atomic E-state index is 6.50. The first-order valence-corrected chi connectivity index (χ1v) is 12.0. The van der Waals surface area contributed by atoms with Crippen molar-refractivity contribution in [3.63, 3.8) is 0 Å². The third-order valence-electron chi connectivity index (χ3n) is 6.35. The van der Waals surface area contributed by atoms with E-state index in [0.29, 0.717) is 5.02 Å². The zero-order valence-corrected chi connectivity index (χ0v) is 20.4. The van der Waals surface area contributed by atoms with Crippen molar-refractivity contribution < 1.29 is 0 Å². The van der Waals surface area contributed by atoms with E-state index in [1.807, 2.05) is 12.4 Å². The van der Waals surface area contributed by atoms with Gasteiger partial charge in [0.2, 0.25) is 0 Å². The lowest BCUT2D eigenvalue weighted by atomic mass is 10.0. The molecular formula is C27H28ClN7. The van der Waals surface area contributed by atoms with Crippen LogP contribution in [-0.2, 0) is 6.54 Å². The monoisotopic (exact) mass is 485 g/mol. The fourth-order valence-corrected chi connectivity index (χ4v) is 4.76. The fourth-order valence-electron chi connectivity index (χ4n) is 4.52. The Balaban J connectivity index is 1.36. The van der Waals surface area contributed by atoms with Crippen molar-refractivity contribution in [1.82, 2.24) is 19.5 Å². The number of aliphatic imine (C=N–C) groups is 1. The minimum atomic E-state index is 0.590. The predicted octanol–water partition coefficient (Wildman–Crippen LogP) is 4.37. The number of anilines is 1. The maximum Gasteiger partial charge on any atom is 0.128 e. The summed E-state index contributed by atoms with van der Waals surface area (Å²) in [5, 5.41) is 5.00. The van der Waals surface area contributed by atoms with Crippen LogP contribution in [0.3, 0.4) is 0 Å². The lowest BCUT2D eigenvalue weighted by Gasteiger charge is -2.35. The molecule has 5 rings (SSSR count). The molecule has 0 bridgehead atoms. The van der Waals surface area contributed by atoms with Gasteiger partial charge in [0.05, 0.1) is 16.7 Å². The summed E-state index contributed by atoms with van der Waals surface area (Å²) in [6.07, 6.45) is 8.74. The molecule has 1 fully saturated rings. The normalized spacial score (nSPS) is 15.4. The zero-order valence-electron chi connectivity index (χ0n) is 19.7. The summed E-state index contributed by atoms with van der Waals surface area (Å²) >= 11 is 6.50. The lowest BCUT2D eigenvalue weighted by Crippen LogP contribution is -2.46. The molecule has 0 unspecified atom stereocenters. The molecular weight excluding hydrogens is 458 g/mol. The van der Waals surface area contributed by atoms with Crippen molar-refractivity contribution in [3.05, 3.63) is 89.5 Å². The number of nitrogens with two attached hydrogens (primary N) is 1. The van der Waals surface area contributed by atoms with Crippen LogP contribution in [0, 0.1) is 0 Å². The summed E-state index contributed by atoms with van der Waals surface area (Å²) < 4.78 is 1.78. The summed E-state index contributed by atoms with van der Waals surface area (Å²) in [5.41, 5.74) is 11.7. The van der Waals surface area contributed by atoms with Gasteiger partial charge in [-0.2, -0.15) is 5.10 Å². The molecule has 178 valence electrons. The predicted molar refractivity (Wildman–Crippen MR) is 144 cm³/mol. The lowest BCUT2D eigenvalue weighted by molar-refractivity contribution is 0.249. The number of rotatable bonds is 6. The topological polar surface area (TPSA) is 75.0 Å². The molecule has 1 aliphatic heterocycles. The molecule has 1 aliphatic rings. The third-order valence-corrected chi connectivity index (χ3v) is 6.63. The number of pyridine rings is 2. The van der Waals surface area contributed by atoms with Gasteiger partial charge in [0.25, 0.3) is 0 Å². The molecule has 4 aromatic rings. The van der Waals surface area contributed by atoms with Gasteiger partial charge in [-0.15, -0.1) is 0 Å². The van der Waals surface area contributed by atoms with Gasteiger partial charge < -0.3 is 10.6 Å². The second-order valence-electron chi connectivity index (χ2n) is 8.59. The van der Waals surface area contributed by atoms with Crippen LogP contribution in [0.1, 0.15) is 11.1 Å². The number of aromatic nitrogens is 3. The molecule has 7 nitrogen and oxygen atoms in total. The first-order valence-electron chi connectivity index (χ1n) is 11.6. The molecule has 0 saturated carbocycles. The van der Waals surface area contributed by atoms with Crippen molar-refractivity contribution >= 4 is 34.7 Å². The van der Waals surface area contributed by atoms with Gasteiger partial charge >= 0.3 is 0 Å². The second kappa shape index (κ2) is 10.3. The van der Waals surface area contributed by atoms with E-state index in [-0.39, 0.29) is 0 Å². The smallest absolute Gasteiger partial charge is 0.128 e. The number of halogens is 1. The van der Waals surface area contributed by atoms with Crippen LogP contribution >= 0.6 is 11.6 Å². The highest BCUT2D eigenvalue weighted by Crippen LogP contribution is 2.32. The van der Waals surface area contributed by atoms with Crippen LogP contribution in [0.2, 0.25) is 5.02 Å². The van der Waals surface area contributed by atoms with Crippen molar-refractivity contribution in [1.29, 1.82) is 0 Å². The third kappa shape index (κ3) is 4.92. The van der Waals surface area contributed by atoms with E-state index in [4.69, 9.17) is 22.3 Å². The van der Waals surface area contributed by atoms with E-state index in [2.05, 4.69) is 68.4 Å². The van der Waals surface area contributed by atoms with Crippen LogP contribution in [0.4, 0.5) is 5.82 Å². The van der Waals surface area contributed by atoms with Crippen LogP contribution in [0.25, 0.3) is 22.2 Å². The molecule has 0 radical (unpaired) electrons. The standard InChI is InChI=1S/C27H28ClN7/c1-30-15-23(14-29)22-13-24(27-25(28)17-32-35(27)19-22)21-7-8-26(31-16-21)34-11-9-33(10-12-34)18-20-5-3-2-4-6-20/h2-8,13-17,19H,9-12,18,29H2,1H3. The Kier molecular flexibility index (Phi) is 6.79. The highest BCUT2D eigenvalue weighted by atomic mass is 35.5. The van der Waals surface area contributed by atoms with E-state index >= 15 is 0 Å². The first-order chi connectivity index (χ1) is 17.2. The van der Waals surface area contributed by atoms with Crippen molar-refractivity contribution in [2.45, 2.75) is 6.54 Å². The fraction of sp³-hybridized carbons (Fsp3) is 0.222. The average Bonchev–Trinajstić information content (AvgIpc) is 3.28. The Hall–Kier alpha value is -3.68. The molecule has 0 spiro atoms. The van der Waals surface area contributed by atoms with E-state index < -0.39 is 0 Å². The minimum Gasteiger partial charge on any atom is -0.404 e. The molecule has 4 heterocycles. The summed E-state index contributed by atoms with van der Waals surface area (Å²) in [4.78, 5) is 13.8. The Bertz CT molecular complexity index is 1350. The largest absolute Gasteiger partial charge is 0.404 e. The second-order valence-corrected chi connectivity index (χ2v) is 9.00. The van der Waals surface area contributed by atoms with Crippen LogP contribution in [-0.4, -0.2) is 58.9 Å². The van der Waals surface area contributed by atoms with Crippen LogP contribution in [0.5, 0.6) is 0 Å². The average molecular weight is 486 g/mol. The SMILES string of the molecule is CN=CC(=CN)c1cc(-c2ccc(N3CCN(Cc4ccccc4)CC3)nc2)c2c(Cl)cnn2c1. The van der Waals surface area contributed by atoms with Gasteiger partial charge in [-0.1, -0.05) is 41.9 Å². The van der Waals surface area contributed by atoms with Crippen molar-refractivity contribution in [2.24, 2.45) is 10.7 Å². The van der Waals surface area contributed by atoms with Gasteiger partial charge in [0, 0.05) is 86.8 Å². The van der Waals surface area contributed by atoms with E-state index in [0.717, 1.165) is 66.3 Å². The van der Waals surface area contributed by atoms with E-state index in [1.54, 1.807) is 30.2 Å². The van der Waals surface area contributed by atoms with E-state index in [1.165, 1.54) is 5.56 Å². The molecule has 3 aromatic heterocycles. The van der Waals surface area contributed by atoms with Gasteiger partial charge in [0.15, 0.2) is 0 Å². The number of allylic oxidation sites excluding steroid dienone is 1. The number of piperazine rings is 1. The Morgan fingerprint density at radius 2 is 1.89 bits per heavy atom. The number of hydrogen-bond acceptors (Lipinski definition) is 6.